The maximum atomic E-state index is 14.6. The van der Waals surface area contributed by atoms with Crippen molar-refractivity contribution < 1.29 is 18.8 Å². The predicted octanol–water partition coefficient (Wildman–Crippen LogP) is 2.53. The summed E-state index contributed by atoms with van der Waals surface area (Å²) in [6.07, 6.45) is 0.486. The molecule has 1 atom stereocenters. The van der Waals surface area contributed by atoms with E-state index in [9.17, 15) is 18.8 Å². The lowest BCUT2D eigenvalue weighted by molar-refractivity contribution is -0.136. The van der Waals surface area contributed by atoms with Gasteiger partial charge in [-0.1, -0.05) is 23.8 Å². The molecule has 178 valence electrons. The van der Waals surface area contributed by atoms with Gasteiger partial charge in [-0.3, -0.25) is 24.6 Å². The standard InChI is InChI=1S/C26H29FN4O3/c1-16-3-4-18(17(2)11-16)14-29-7-9-30(10-8-29)23-13-19(27)12-20-21(23)15-31(26(20)34)22-5-6-24(32)28-25(22)33/h3-4,11-13,22H,5-10,14-15H2,1-2H3,(H,28,32,33). The van der Waals surface area contributed by atoms with Gasteiger partial charge in [-0.2, -0.15) is 0 Å². The van der Waals surface area contributed by atoms with Crippen LogP contribution >= 0.6 is 0 Å². The molecule has 34 heavy (non-hydrogen) atoms. The predicted molar refractivity (Wildman–Crippen MR) is 126 cm³/mol. The van der Waals surface area contributed by atoms with Crippen LogP contribution in [0.2, 0.25) is 0 Å². The van der Waals surface area contributed by atoms with Crippen LogP contribution in [0.25, 0.3) is 0 Å². The summed E-state index contributed by atoms with van der Waals surface area (Å²) in [7, 11) is 0. The van der Waals surface area contributed by atoms with Crippen LogP contribution in [0.1, 0.15) is 45.5 Å². The number of nitrogens with zero attached hydrogens (tertiary/aromatic N) is 3. The fourth-order valence-electron chi connectivity index (χ4n) is 5.30. The van der Waals surface area contributed by atoms with E-state index >= 15 is 0 Å². The molecule has 3 heterocycles. The van der Waals surface area contributed by atoms with Crippen molar-refractivity contribution in [2.75, 3.05) is 31.1 Å². The zero-order valence-corrected chi connectivity index (χ0v) is 19.6. The lowest BCUT2D eigenvalue weighted by Crippen LogP contribution is -2.52. The van der Waals surface area contributed by atoms with Crippen molar-refractivity contribution in [1.29, 1.82) is 0 Å². The molecule has 5 rings (SSSR count). The minimum Gasteiger partial charge on any atom is -0.369 e. The van der Waals surface area contributed by atoms with Crippen LogP contribution in [-0.2, 0) is 22.7 Å². The topological polar surface area (TPSA) is 73.0 Å². The van der Waals surface area contributed by atoms with Gasteiger partial charge in [-0.05, 0) is 43.5 Å². The van der Waals surface area contributed by atoms with Crippen molar-refractivity contribution >= 4 is 23.4 Å². The van der Waals surface area contributed by atoms with E-state index < -0.39 is 17.8 Å². The second-order valence-electron chi connectivity index (χ2n) is 9.54. The molecule has 0 bridgehead atoms. The van der Waals surface area contributed by atoms with Gasteiger partial charge in [0.1, 0.15) is 11.9 Å². The average molecular weight is 465 g/mol. The van der Waals surface area contributed by atoms with Crippen molar-refractivity contribution in [3.8, 4) is 0 Å². The van der Waals surface area contributed by atoms with Gasteiger partial charge in [0, 0.05) is 62.5 Å². The average Bonchev–Trinajstić information content (AvgIpc) is 3.12. The Bertz CT molecular complexity index is 1170. The smallest absolute Gasteiger partial charge is 0.255 e. The molecule has 1 unspecified atom stereocenters. The second-order valence-corrected chi connectivity index (χ2v) is 9.54. The van der Waals surface area contributed by atoms with Gasteiger partial charge in [0.15, 0.2) is 0 Å². The molecule has 0 aromatic heterocycles. The first-order valence-corrected chi connectivity index (χ1v) is 11.8. The molecule has 2 aromatic rings. The maximum Gasteiger partial charge on any atom is 0.255 e. The first-order valence-electron chi connectivity index (χ1n) is 11.8. The summed E-state index contributed by atoms with van der Waals surface area (Å²) >= 11 is 0. The van der Waals surface area contributed by atoms with Crippen LogP contribution in [0.4, 0.5) is 10.1 Å². The molecule has 8 heteroatoms. The summed E-state index contributed by atoms with van der Waals surface area (Å²) in [5.41, 5.74) is 5.67. The van der Waals surface area contributed by atoms with Crippen molar-refractivity contribution in [2.45, 2.75) is 45.8 Å². The van der Waals surface area contributed by atoms with Gasteiger partial charge in [0.05, 0.1) is 0 Å². The first-order chi connectivity index (χ1) is 16.3. The van der Waals surface area contributed by atoms with E-state index in [4.69, 9.17) is 0 Å². The normalized spacial score (nSPS) is 21.1. The lowest BCUT2D eigenvalue weighted by atomic mass is 10.0. The fraction of sp³-hybridized carbons (Fsp3) is 0.423. The van der Waals surface area contributed by atoms with Crippen molar-refractivity contribution in [3.63, 3.8) is 0 Å². The van der Waals surface area contributed by atoms with Crippen LogP contribution in [0, 0.1) is 19.7 Å². The van der Waals surface area contributed by atoms with E-state index in [0.717, 1.165) is 44.0 Å². The Morgan fingerprint density at radius 3 is 2.50 bits per heavy atom. The highest BCUT2D eigenvalue weighted by atomic mass is 19.1. The number of anilines is 1. The Hall–Kier alpha value is -3.26. The van der Waals surface area contributed by atoms with E-state index in [0.29, 0.717) is 12.0 Å². The molecule has 3 amide bonds. The molecule has 3 aliphatic rings. The van der Waals surface area contributed by atoms with Gasteiger partial charge in [0.2, 0.25) is 11.8 Å². The number of hydrogen-bond acceptors (Lipinski definition) is 5. The van der Waals surface area contributed by atoms with E-state index in [1.54, 1.807) is 0 Å². The number of rotatable bonds is 4. The van der Waals surface area contributed by atoms with Gasteiger partial charge < -0.3 is 9.80 Å². The third kappa shape index (κ3) is 4.18. The molecule has 1 N–H and O–H groups in total. The minimum atomic E-state index is -0.705. The molecule has 0 spiro atoms. The van der Waals surface area contributed by atoms with Crippen molar-refractivity contribution in [2.24, 2.45) is 0 Å². The highest BCUT2D eigenvalue weighted by Gasteiger charge is 2.41. The number of imide groups is 1. The van der Waals surface area contributed by atoms with Gasteiger partial charge in [-0.15, -0.1) is 0 Å². The van der Waals surface area contributed by atoms with Crippen LogP contribution < -0.4 is 10.2 Å². The fourth-order valence-corrected chi connectivity index (χ4v) is 5.30. The Morgan fingerprint density at radius 1 is 1.03 bits per heavy atom. The molecule has 0 aliphatic carbocycles. The molecule has 2 saturated heterocycles. The molecule has 0 radical (unpaired) electrons. The van der Waals surface area contributed by atoms with Crippen LogP contribution in [0.5, 0.6) is 0 Å². The van der Waals surface area contributed by atoms with Crippen LogP contribution in [0.3, 0.4) is 0 Å². The summed E-state index contributed by atoms with van der Waals surface area (Å²) in [5, 5.41) is 2.31. The second kappa shape index (κ2) is 8.83. The highest BCUT2D eigenvalue weighted by Crippen LogP contribution is 2.35. The lowest BCUT2D eigenvalue weighted by Gasteiger charge is -2.37. The van der Waals surface area contributed by atoms with E-state index in [1.165, 1.54) is 33.7 Å². The number of piperidine rings is 1. The quantitative estimate of drug-likeness (QED) is 0.704. The number of piperazine rings is 1. The van der Waals surface area contributed by atoms with Crippen molar-refractivity contribution in [3.05, 3.63) is 64.0 Å². The SMILES string of the molecule is Cc1ccc(CN2CCN(c3cc(F)cc4c3CN(C3CCC(=O)NC3=O)C4=O)CC2)c(C)c1. The Balaban J connectivity index is 1.31. The van der Waals surface area contributed by atoms with E-state index in [2.05, 4.69) is 47.2 Å². The summed E-state index contributed by atoms with van der Waals surface area (Å²) in [6.45, 7) is 8.49. The summed E-state index contributed by atoms with van der Waals surface area (Å²) < 4.78 is 14.6. The number of carbonyl (C=O) groups is 3. The maximum absolute atomic E-state index is 14.6. The Morgan fingerprint density at radius 2 is 1.79 bits per heavy atom. The summed E-state index contributed by atoms with van der Waals surface area (Å²) in [6, 6.07) is 8.59. The van der Waals surface area contributed by atoms with E-state index in [-0.39, 0.29) is 24.8 Å². The first kappa shape index (κ1) is 22.5. The van der Waals surface area contributed by atoms with Crippen LogP contribution in [-0.4, -0.2) is 59.7 Å². The Kier molecular flexibility index (Phi) is 5.85. The van der Waals surface area contributed by atoms with Gasteiger partial charge >= 0.3 is 0 Å². The van der Waals surface area contributed by atoms with Crippen LogP contribution in [0.15, 0.2) is 30.3 Å². The number of hydrogen-bond donors (Lipinski definition) is 1. The molecule has 7 nitrogen and oxygen atoms in total. The zero-order chi connectivity index (χ0) is 24.0. The zero-order valence-electron chi connectivity index (χ0n) is 19.6. The third-order valence-electron chi connectivity index (χ3n) is 7.20. The molecule has 2 aromatic carbocycles. The number of benzene rings is 2. The third-order valence-corrected chi connectivity index (χ3v) is 7.20. The summed E-state index contributed by atoms with van der Waals surface area (Å²) in [5.74, 6) is -1.58. The number of halogens is 1. The minimum absolute atomic E-state index is 0.195. The molecular formula is C26H29FN4O3. The monoisotopic (exact) mass is 464 g/mol. The number of fused-ring (bicyclic) bond motifs is 1. The molecule has 3 aliphatic heterocycles. The number of carbonyl (C=O) groups excluding carboxylic acids is 3. The van der Waals surface area contributed by atoms with Crippen molar-refractivity contribution in [1.82, 2.24) is 15.1 Å². The molecule has 0 saturated carbocycles. The number of aryl methyl sites for hydroxylation is 2. The van der Waals surface area contributed by atoms with Gasteiger partial charge in [0.25, 0.3) is 5.91 Å². The molecular weight excluding hydrogens is 435 g/mol. The molecule has 2 fully saturated rings. The number of nitrogens with one attached hydrogen (secondary N) is 1. The summed E-state index contributed by atoms with van der Waals surface area (Å²) in [4.78, 5) is 43.0. The highest BCUT2D eigenvalue weighted by molar-refractivity contribution is 6.06. The van der Waals surface area contributed by atoms with Gasteiger partial charge in [-0.25, -0.2) is 4.39 Å². The Labute approximate surface area is 198 Å². The number of amides is 3. The van der Waals surface area contributed by atoms with E-state index in [1.807, 2.05) is 0 Å². The largest absolute Gasteiger partial charge is 0.369 e.